The summed E-state index contributed by atoms with van der Waals surface area (Å²) in [6.45, 7) is 1.56. The highest BCUT2D eigenvalue weighted by molar-refractivity contribution is 8.00. The van der Waals surface area contributed by atoms with Crippen molar-refractivity contribution in [1.29, 1.82) is 0 Å². The maximum absolute atomic E-state index is 12.9. The van der Waals surface area contributed by atoms with Crippen LogP contribution in [0.3, 0.4) is 0 Å². The number of halogens is 1. The highest BCUT2D eigenvalue weighted by Crippen LogP contribution is 2.25. The zero-order valence-corrected chi connectivity index (χ0v) is 15.6. The zero-order valence-electron chi connectivity index (χ0n) is 14.7. The number of thioether (sulfide) groups is 1. The van der Waals surface area contributed by atoms with Crippen LogP contribution in [0.25, 0.3) is 0 Å². The lowest BCUT2D eigenvalue weighted by atomic mass is 10.2. The van der Waals surface area contributed by atoms with Crippen LogP contribution in [0, 0.1) is 5.82 Å². The Morgan fingerprint density at radius 2 is 2.12 bits per heavy atom. The second-order valence-corrected chi connectivity index (χ2v) is 7.41. The molecule has 1 aromatic heterocycles. The van der Waals surface area contributed by atoms with E-state index in [4.69, 9.17) is 4.74 Å². The lowest BCUT2D eigenvalue weighted by molar-refractivity contribution is 0.461. The van der Waals surface area contributed by atoms with E-state index in [1.54, 1.807) is 31.4 Å². The van der Waals surface area contributed by atoms with E-state index in [0.29, 0.717) is 23.4 Å². The molecule has 1 unspecified atom stereocenters. The Morgan fingerprint density at radius 1 is 1.27 bits per heavy atom. The molecule has 2 aromatic rings. The Bertz CT molecular complexity index is 715. The van der Waals surface area contributed by atoms with Gasteiger partial charge < -0.3 is 15.4 Å². The summed E-state index contributed by atoms with van der Waals surface area (Å²) in [5.74, 6) is 2.79. The number of pyridine rings is 1. The fourth-order valence-corrected chi connectivity index (χ4v) is 3.82. The van der Waals surface area contributed by atoms with E-state index in [2.05, 4.69) is 20.6 Å². The normalized spacial score (nSPS) is 17.2. The van der Waals surface area contributed by atoms with Crippen molar-refractivity contribution in [2.45, 2.75) is 24.6 Å². The highest BCUT2D eigenvalue weighted by atomic mass is 32.2. The second-order valence-electron chi connectivity index (χ2n) is 6.00. The van der Waals surface area contributed by atoms with E-state index < -0.39 is 0 Å². The topological polar surface area (TPSA) is 58.5 Å². The number of hydrogen-bond donors (Lipinski definition) is 2. The molecule has 0 aliphatic carbocycles. The maximum atomic E-state index is 12.9. The van der Waals surface area contributed by atoms with Gasteiger partial charge in [0, 0.05) is 37.7 Å². The number of guanidine groups is 1. The third-order valence-corrected chi connectivity index (χ3v) is 5.44. The molecular weight excluding hydrogens is 351 g/mol. The van der Waals surface area contributed by atoms with Crippen LogP contribution in [0.4, 0.5) is 4.39 Å². The van der Waals surface area contributed by atoms with Crippen LogP contribution in [-0.2, 0) is 6.54 Å². The van der Waals surface area contributed by atoms with Gasteiger partial charge in [-0.3, -0.25) is 4.99 Å². The number of aromatic nitrogens is 1. The zero-order chi connectivity index (χ0) is 18.2. The van der Waals surface area contributed by atoms with Gasteiger partial charge in [0.1, 0.15) is 11.6 Å². The standard InChI is InChI=1S/C19H23FN4OS/c1-21-19(24-13-17-3-2-10-26-17)23-12-14-4-9-18(22-11-14)25-16-7-5-15(20)6-8-16/h4-9,11,17H,2-3,10,12-13H2,1H3,(H2,21,23,24). The van der Waals surface area contributed by atoms with E-state index in [1.165, 1.54) is 30.7 Å². The highest BCUT2D eigenvalue weighted by Gasteiger charge is 2.15. The summed E-state index contributed by atoms with van der Waals surface area (Å²) in [6.07, 6.45) is 4.33. The number of nitrogens with one attached hydrogen (secondary N) is 2. The maximum Gasteiger partial charge on any atom is 0.219 e. The van der Waals surface area contributed by atoms with Gasteiger partial charge in [-0.05, 0) is 48.4 Å². The molecule has 138 valence electrons. The van der Waals surface area contributed by atoms with Crippen molar-refractivity contribution in [2.75, 3.05) is 19.3 Å². The van der Waals surface area contributed by atoms with Crippen molar-refractivity contribution in [1.82, 2.24) is 15.6 Å². The van der Waals surface area contributed by atoms with Crippen LogP contribution in [0.5, 0.6) is 11.6 Å². The number of benzene rings is 1. The van der Waals surface area contributed by atoms with Crippen molar-refractivity contribution in [3.05, 3.63) is 54.0 Å². The summed E-state index contributed by atoms with van der Waals surface area (Å²) in [5.41, 5.74) is 1.02. The van der Waals surface area contributed by atoms with E-state index in [0.717, 1.165) is 18.1 Å². The Hall–Kier alpha value is -2.28. The van der Waals surface area contributed by atoms with Crippen LogP contribution in [0.15, 0.2) is 47.6 Å². The minimum absolute atomic E-state index is 0.291. The number of nitrogens with zero attached hydrogens (tertiary/aromatic N) is 2. The van der Waals surface area contributed by atoms with Crippen LogP contribution in [0.1, 0.15) is 18.4 Å². The Labute approximate surface area is 157 Å². The molecule has 1 aromatic carbocycles. The molecule has 1 atom stereocenters. The molecule has 1 aliphatic rings. The first-order chi connectivity index (χ1) is 12.7. The molecule has 2 N–H and O–H groups in total. The molecule has 2 heterocycles. The van der Waals surface area contributed by atoms with Crippen LogP contribution < -0.4 is 15.4 Å². The monoisotopic (exact) mass is 374 g/mol. The quantitative estimate of drug-likeness (QED) is 0.598. The van der Waals surface area contributed by atoms with Crippen LogP contribution in [-0.4, -0.2) is 35.5 Å². The number of aliphatic imine (C=N–C) groups is 1. The van der Waals surface area contributed by atoms with Gasteiger partial charge in [0.15, 0.2) is 5.96 Å². The van der Waals surface area contributed by atoms with Gasteiger partial charge in [0.05, 0.1) is 0 Å². The lowest BCUT2D eigenvalue weighted by Gasteiger charge is -2.14. The van der Waals surface area contributed by atoms with Gasteiger partial charge in [-0.15, -0.1) is 0 Å². The molecule has 1 aliphatic heterocycles. The number of hydrogen-bond acceptors (Lipinski definition) is 4. The molecule has 0 amide bonds. The molecule has 0 saturated carbocycles. The summed E-state index contributed by atoms with van der Waals surface area (Å²) in [5, 5.41) is 7.34. The molecular formula is C19H23FN4OS. The average Bonchev–Trinajstić information content (AvgIpc) is 3.18. The average molecular weight is 374 g/mol. The minimum Gasteiger partial charge on any atom is -0.439 e. The Morgan fingerprint density at radius 3 is 2.77 bits per heavy atom. The number of ether oxygens (including phenoxy) is 1. The Balaban J connectivity index is 1.46. The van der Waals surface area contributed by atoms with Crippen molar-refractivity contribution in [3.8, 4) is 11.6 Å². The summed E-state index contributed by atoms with van der Waals surface area (Å²) in [7, 11) is 1.77. The molecule has 0 spiro atoms. The van der Waals surface area contributed by atoms with E-state index in [1.807, 2.05) is 17.8 Å². The minimum atomic E-state index is -0.291. The second kappa shape index (κ2) is 9.43. The van der Waals surface area contributed by atoms with E-state index in [9.17, 15) is 4.39 Å². The van der Waals surface area contributed by atoms with Gasteiger partial charge in [0.2, 0.25) is 5.88 Å². The lowest BCUT2D eigenvalue weighted by Crippen LogP contribution is -2.39. The summed E-state index contributed by atoms with van der Waals surface area (Å²) in [4.78, 5) is 8.54. The first-order valence-corrected chi connectivity index (χ1v) is 9.72. The smallest absolute Gasteiger partial charge is 0.219 e. The SMILES string of the molecule is CN=C(NCc1ccc(Oc2ccc(F)cc2)nc1)NCC1CCCS1. The van der Waals surface area contributed by atoms with E-state index >= 15 is 0 Å². The van der Waals surface area contributed by atoms with Gasteiger partial charge in [0.25, 0.3) is 0 Å². The van der Waals surface area contributed by atoms with Crippen LogP contribution >= 0.6 is 11.8 Å². The third-order valence-electron chi connectivity index (χ3n) is 4.04. The van der Waals surface area contributed by atoms with E-state index in [-0.39, 0.29) is 5.82 Å². The summed E-state index contributed by atoms with van der Waals surface area (Å²) in [6, 6.07) is 9.60. The molecule has 1 fully saturated rings. The van der Waals surface area contributed by atoms with Crippen molar-refractivity contribution in [2.24, 2.45) is 4.99 Å². The van der Waals surface area contributed by atoms with Gasteiger partial charge in [-0.25, -0.2) is 9.37 Å². The van der Waals surface area contributed by atoms with Crippen molar-refractivity contribution >= 4 is 17.7 Å². The van der Waals surface area contributed by atoms with Crippen molar-refractivity contribution < 1.29 is 9.13 Å². The molecule has 26 heavy (non-hydrogen) atoms. The Kier molecular flexibility index (Phi) is 6.71. The molecule has 5 nitrogen and oxygen atoms in total. The molecule has 1 saturated heterocycles. The van der Waals surface area contributed by atoms with Gasteiger partial charge in [-0.2, -0.15) is 11.8 Å². The third kappa shape index (κ3) is 5.62. The summed E-state index contributed by atoms with van der Waals surface area (Å²) < 4.78 is 18.5. The van der Waals surface area contributed by atoms with Gasteiger partial charge >= 0.3 is 0 Å². The molecule has 7 heteroatoms. The van der Waals surface area contributed by atoms with Gasteiger partial charge in [-0.1, -0.05) is 6.07 Å². The predicted molar refractivity (Wildman–Crippen MR) is 104 cm³/mol. The number of rotatable bonds is 6. The largest absolute Gasteiger partial charge is 0.439 e. The fraction of sp³-hybridized carbons (Fsp3) is 0.368. The van der Waals surface area contributed by atoms with Crippen molar-refractivity contribution in [3.63, 3.8) is 0 Å². The summed E-state index contributed by atoms with van der Waals surface area (Å²) >= 11 is 2.02. The molecule has 0 bridgehead atoms. The fourth-order valence-electron chi connectivity index (χ4n) is 2.62. The molecule has 0 radical (unpaired) electrons. The van der Waals surface area contributed by atoms with Crippen LogP contribution in [0.2, 0.25) is 0 Å². The predicted octanol–water partition coefficient (Wildman–Crippen LogP) is 3.57. The molecule has 3 rings (SSSR count). The first-order valence-electron chi connectivity index (χ1n) is 8.67. The first kappa shape index (κ1) is 18.5.